The number of imide groups is 1. The zero-order chi connectivity index (χ0) is 19.6. The van der Waals surface area contributed by atoms with Gasteiger partial charge in [0.05, 0.1) is 18.7 Å². The lowest BCUT2D eigenvalue weighted by Gasteiger charge is -2.15. The second-order valence-electron chi connectivity index (χ2n) is 6.10. The van der Waals surface area contributed by atoms with E-state index in [2.05, 4.69) is 5.32 Å². The van der Waals surface area contributed by atoms with Gasteiger partial charge in [0.1, 0.15) is 11.5 Å². The zero-order valence-electron chi connectivity index (χ0n) is 14.9. The fourth-order valence-corrected chi connectivity index (χ4v) is 3.09. The van der Waals surface area contributed by atoms with Crippen molar-refractivity contribution in [2.24, 2.45) is 0 Å². The summed E-state index contributed by atoms with van der Waals surface area (Å²) in [5.41, 5.74) is 2.29. The van der Waals surface area contributed by atoms with Crippen molar-refractivity contribution in [3.8, 4) is 0 Å². The average molecular weight is 389 g/mol. The van der Waals surface area contributed by atoms with Crippen LogP contribution < -0.4 is 5.32 Å². The van der Waals surface area contributed by atoms with E-state index >= 15 is 0 Å². The number of anilines is 1. The van der Waals surface area contributed by atoms with Gasteiger partial charge in [-0.05, 0) is 48.4 Å². The molecule has 1 aliphatic heterocycles. The third-order valence-electron chi connectivity index (χ3n) is 4.27. The number of nitrogens with zero attached hydrogens (tertiary/aromatic N) is 1. The number of carbonyl (C=O) groups excluding carboxylic acids is 2. The van der Waals surface area contributed by atoms with Crippen LogP contribution in [0.3, 0.4) is 0 Å². The molecule has 0 spiro atoms. The van der Waals surface area contributed by atoms with Crippen molar-refractivity contribution >= 4 is 34.7 Å². The van der Waals surface area contributed by atoms with Crippen molar-refractivity contribution in [1.82, 2.24) is 4.90 Å². The summed E-state index contributed by atoms with van der Waals surface area (Å²) < 4.78 is 18.3. The molecular weight excluding hydrogens is 371 g/mol. The van der Waals surface area contributed by atoms with Crippen molar-refractivity contribution in [2.75, 3.05) is 25.6 Å². The normalized spacial score (nSPS) is 14.3. The smallest absolute Gasteiger partial charge is 0.278 e. The Labute approximate surface area is 161 Å². The van der Waals surface area contributed by atoms with Gasteiger partial charge in [-0.1, -0.05) is 23.7 Å². The highest BCUT2D eigenvalue weighted by Crippen LogP contribution is 2.31. The Balaban J connectivity index is 2.05. The summed E-state index contributed by atoms with van der Waals surface area (Å²) >= 11 is 5.99. The van der Waals surface area contributed by atoms with Gasteiger partial charge in [-0.2, -0.15) is 0 Å². The van der Waals surface area contributed by atoms with E-state index < -0.39 is 17.6 Å². The van der Waals surface area contributed by atoms with E-state index in [0.717, 1.165) is 10.5 Å². The molecule has 2 aromatic rings. The Hall–Kier alpha value is -2.70. The van der Waals surface area contributed by atoms with Crippen molar-refractivity contribution in [3.63, 3.8) is 0 Å². The summed E-state index contributed by atoms with van der Waals surface area (Å²) in [5.74, 6) is -1.32. The first-order valence-electron chi connectivity index (χ1n) is 8.31. The van der Waals surface area contributed by atoms with Gasteiger partial charge in [0, 0.05) is 17.8 Å². The van der Waals surface area contributed by atoms with Crippen LogP contribution in [0, 0.1) is 12.7 Å². The first kappa shape index (κ1) is 19.1. The number of carbonyl (C=O) groups is 2. The molecule has 0 fully saturated rings. The molecule has 0 saturated heterocycles. The molecule has 5 nitrogen and oxygen atoms in total. The Morgan fingerprint density at radius 1 is 1.11 bits per heavy atom. The summed E-state index contributed by atoms with van der Waals surface area (Å²) in [6.45, 7) is 2.20. The lowest BCUT2D eigenvalue weighted by Crippen LogP contribution is -2.35. The Morgan fingerprint density at radius 2 is 1.81 bits per heavy atom. The Kier molecular flexibility index (Phi) is 5.58. The predicted octanol–water partition coefficient (Wildman–Crippen LogP) is 3.63. The maximum atomic E-state index is 13.3. The van der Waals surface area contributed by atoms with E-state index in [1.54, 1.807) is 18.2 Å². The summed E-state index contributed by atoms with van der Waals surface area (Å²) in [6, 6.07) is 10.7. The molecule has 0 atom stereocenters. The van der Waals surface area contributed by atoms with Gasteiger partial charge < -0.3 is 10.1 Å². The average Bonchev–Trinajstić information content (AvgIpc) is 2.86. The van der Waals surface area contributed by atoms with Crippen LogP contribution >= 0.6 is 11.6 Å². The van der Waals surface area contributed by atoms with Crippen LogP contribution in [0.5, 0.6) is 0 Å². The quantitative estimate of drug-likeness (QED) is 0.768. The first-order chi connectivity index (χ1) is 12.9. The highest BCUT2D eigenvalue weighted by molar-refractivity contribution is 6.36. The van der Waals surface area contributed by atoms with Gasteiger partial charge in [-0.3, -0.25) is 14.5 Å². The van der Waals surface area contributed by atoms with Gasteiger partial charge in [0.15, 0.2) is 0 Å². The third kappa shape index (κ3) is 3.86. The molecule has 0 aromatic heterocycles. The van der Waals surface area contributed by atoms with Crippen LogP contribution in [0.2, 0.25) is 5.02 Å². The number of ether oxygens (including phenoxy) is 1. The number of nitrogens with one attached hydrogen (secondary N) is 1. The highest BCUT2D eigenvalue weighted by atomic mass is 35.5. The van der Waals surface area contributed by atoms with E-state index in [4.69, 9.17) is 16.3 Å². The number of hydrogen-bond acceptors (Lipinski definition) is 4. The monoisotopic (exact) mass is 388 g/mol. The molecule has 2 amide bonds. The van der Waals surface area contributed by atoms with Gasteiger partial charge in [-0.15, -0.1) is 0 Å². The molecule has 27 heavy (non-hydrogen) atoms. The maximum Gasteiger partial charge on any atom is 0.278 e. The molecule has 0 aliphatic carbocycles. The third-order valence-corrected chi connectivity index (χ3v) is 4.50. The number of amides is 2. The fourth-order valence-electron chi connectivity index (χ4n) is 2.86. The molecule has 0 saturated carbocycles. The molecule has 1 N–H and O–H groups in total. The summed E-state index contributed by atoms with van der Waals surface area (Å²) in [6.07, 6.45) is 0. The number of rotatable bonds is 6. The first-order valence-corrected chi connectivity index (χ1v) is 8.68. The summed E-state index contributed by atoms with van der Waals surface area (Å²) in [5, 5.41) is 3.63. The van der Waals surface area contributed by atoms with E-state index in [1.165, 1.54) is 31.4 Å². The minimum atomic E-state index is -0.453. The molecule has 3 rings (SSSR count). The van der Waals surface area contributed by atoms with Crippen LogP contribution in [0.25, 0.3) is 5.57 Å². The largest absolute Gasteiger partial charge is 0.383 e. The highest BCUT2D eigenvalue weighted by Gasteiger charge is 2.39. The lowest BCUT2D eigenvalue weighted by molar-refractivity contribution is -0.137. The van der Waals surface area contributed by atoms with Gasteiger partial charge >= 0.3 is 0 Å². The van der Waals surface area contributed by atoms with Gasteiger partial charge in [0.25, 0.3) is 11.8 Å². The molecule has 0 unspecified atom stereocenters. The minimum Gasteiger partial charge on any atom is -0.383 e. The fraction of sp³-hybridized carbons (Fsp3) is 0.200. The number of aryl methyl sites for hydroxylation is 1. The molecule has 140 valence electrons. The van der Waals surface area contributed by atoms with E-state index in [0.29, 0.717) is 16.3 Å². The van der Waals surface area contributed by atoms with Crippen molar-refractivity contribution in [2.45, 2.75) is 6.92 Å². The van der Waals surface area contributed by atoms with Crippen molar-refractivity contribution in [1.29, 1.82) is 0 Å². The molecule has 2 aromatic carbocycles. The molecular formula is C20H18ClFN2O3. The van der Waals surface area contributed by atoms with Crippen LogP contribution in [0.4, 0.5) is 10.1 Å². The van der Waals surface area contributed by atoms with E-state index in [1.807, 2.05) is 6.92 Å². The summed E-state index contributed by atoms with van der Waals surface area (Å²) in [4.78, 5) is 26.9. The number of halogens is 2. The number of benzene rings is 2. The molecule has 7 heteroatoms. The second-order valence-corrected chi connectivity index (χ2v) is 6.53. The molecule has 1 aliphatic rings. The maximum absolute atomic E-state index is 13.3. The lowest BCUT2D eigenvalue weighted by atomic mass is 10.0. The summed E-state index contributed by atoms with van der Waals surface area (Å²) in [7, 11) is 1.50. The number of hydrogen-bond donors (Lipinski definition) is 1. The van der Waals surface area contributed by atoms with Crippen LogP contribution in [0.1, 0.15) is 11.1 Å². The minimum absolute atomic E-state index is 0.129. The van der Waals surface area contributed by atoms with Crippen LogP contribution in [0.15, 0.2) is 48.2 Å². The van der Waals surface area contributed by atoms with Crippen molar-refractivity contribution < 1.29 is 18.7 Å². The Bertz CT molecular complexity index is 925. The zero-order valence-corrected chi connectivity index (χ0v) is 15.6. The Morgan fingerprint density at radius 3 is 2.44 bits per heavy atom. The predicted molar refractivity (Wildman–Crippen MR) is 102 cm³/mol. The van der Waals surface area contributed by atoms with E-state index in [-0.39, 0.29) is 24.4 Å². The second kappa shape index (κ2) is 7.90. The van der Waals surface area contributed by atoms with Gasteiger partial charge in [0.2, 0.25) is 0 Å². The van der Waals surface area contributed by atoms with E-state index in [9.17, 15) is 14.0 Å². The SMILES string of the molecule is COCCN1C(=O)C(Nc2ccc(Cl)cc2C)=C(c2ccc(F)cc2)C1=O. The molecule has 0 radical (unpaired) electrons. The standard InChI is InChI=1S/C20H18ClFN2O3/c1-12-11-14(21)5-8-16(12)23-18-17(13-3-6-15(22)7-4-13)19(25)24(20(18)26)9-10-27-2/h3-8,11,23H,9-10H2,1-2H3. The topological polar surface area (TPSA) is 58.6 Å². The molecule has 0 bridgehead atoms. The number of methoxy groups -OCH3 is 1. The van der Waals surface area contributed by atoms with Crippen LogP contribution in [-0.2, 0) is 14.3 Å². The van der Waals surface area contributed by atoms with Crippen molar-refractivity contribution in [3.05, 3.63) is 70.1 Å². The molecule has 1 heterocycles. The van der Waals surface area contributed by atoms with Crippen LogP contribution in [-0.4, -0.2) is 37.0 Å². The van der Waals surface area contributed by atoms with Gasteiger partial charge in [-0.25, -0.2) is 4.39 Å².